The Balaban J connectivity index is 1.33. The van der Waals surface area contributed by atoms with Crippen molar-refractivity contribution in [3.63, 3.8) is 0 Å². The van der Waals surface area contributed by atoms with E-state index in [1.165, 1.54) is 11.8 Å². The maximum absolute atomic E-state index is 12.5. The maximum Gasteiger partial charge on any atom is 0.247 e. The predicted molar refractivity (Wildman–Crippen MR) is 129 cm³/mol. The van der Waals surface area contributed by atoms with Gasteiger partial charge in [-0.1, -0.05) is 35.5 Å². The Hall–Kier alpha value is -3.37. The molecule has 176 valence electrons. The van der Waals surface area contributed by atoms with Crippen LogP contribution in [0.15, 0.2) is 58.1 Å². The lowest BCUT2D eigenvalue weighted by molar-refractivity contribution is -0.121. The largest absolute Gasteiger partial charge is 0.497 e. The first-order chi connectivity index (χ1) is 16.4. The molecule has 0 spiro atoms. The van der Waals surface area contributed by atoms with Crippen LogP contribution in [0.2, 0.25) is 5.02 Å². The molecule has 0 radical (unpaired) electrons. The summed E-state index contributed by atoms with van der Waals surface area (Å²) >= 11 is 7.34. The Morgan fingerprint density at radius 1 is 1.12 bits per heavy atom. The van der Waals surface area contributed by atoms with Crippen LogP contribution in [-0.4, -0.2) is 38.0 Å². The molecule has 1 atom stereocenters. The van der Waals surface area contributed by atoms with Crippen LogP contribution in [0.5, 0.6) is 5.75 Å². The Morgan fingerprint density at radius 2 is 1.85 bits per heavy atom. The molecule has 0 aliphatic carbocycles. The Kier molecular flexibility index (Phi) is 7.49. The van der Waals surface area contributed by atoms with Crippen LogP contribution in [0.3, 0.4) is 0 Å². The number of carbonyl (C=O) groups excluding carboxylic acids is 1. The smallest absolute Gasteiger partial charge is 0.247 e. The normalized spacial score (nSPS) is 11.9. The Morgan fingerprint density at radius 3 is 2.56 bits per heavy atom. The van der Waals surface area contributed by atoms with Crippen molar-refractivity contribution in [3.8, 4) is 17.2 Å². The van der Waals surface area contributed by atoms with E-state index < -0.39 is 0 Å². The molecule has 0 aliphatic heterocycles. The molecule has 1 amide bonds. The summed E-state index contributed by atoms with van der Waals surface area (Å²) in [7, 11) is 3.47. The zero-order chi connectivity index (χ0) is 24.1. The van der Waals surface area contributed by atoms with Crippen LogP contribution in [-0.2, 0) is 24.0 Å². The fourth-order valence-corrected chi connectivity index (χ4v) is 4.14. The van der Waals surface area contributed by atoms with Crippen LogP contribution in [0.4, 0.5) is 0 Å². The summed E-state index contributed by atoms with van der Waals surface area (Å²) in [5, 5.41) is 21.0. The van der Waals surface area contributed by atoms with Crippen LogP contribution in [0, 0.1) is 0 Å². The fraction of sp³-hybridized carbons (Fsp3) is 0.261. The quantitative estimate of drug-likeness (QED) is 0.341. The number of benzene rings is 2. The van der Waals surface area contributed by atoms with Gasteiger partial charge in [-0.25, -0.2) is 0 Å². The number of hydrogen-bond donors (Lipinski definition) is 1. The molecule has 0 aliphatic rings. The van der Waals surface area contributed by atoms with E-state index in [4.69, 9.17) is 20.8 Å². The molecule has 0 unspecified atom stereocenters. The van der Waals surface area contributed by atoms with E-state index in [2.05, 4.69) is 25.7 Å². The van der Waals surface area contributed by atoms with E-state index in [1.807, 2.05) is 54.9 Å². The van der Waals surface area contributed by atoms with Crippen molar-refractivity contribution in [3.05, 3.63) is 70.8 Å². The first-order valence-corrected chi connectivity index (χ1v) is 11.8. The maximum atomic E-state index is 12.5. The number of methoxy groups -OCH3 is 1. The number of nitrogens with one attached hydrogen (secondary N) is 1. The van der Waals surface area contributed by atoms with E-state index in [1.54, 1.807) is 19.2 Å². The van der Waals surface area contributed by atoms with E-state index in [-0.39, 0.29) is 18.4 Å². The second kappa shape index (κ2) is 10.7. The number of thioether (sulfide) groups is 1. The molecule has 2 heterocycles. The highest BCUT2D eigenvalue weighted by Gasteiger charge is 2.19. The molecule has 4 aromatic rings. The number of hydrogen-bond acceptors (Lipinski definition) is 8. The van der Waals surface area contributed by atoms with Gasteiger partial charge in [0, 0.05) is 17.6 Å². The highest BCUT2D eigenvalue weighted by Crippen LogP contribution is 2.25. The van der Waals surface area contributed by atoms with Crippen LogP contribution in [0.25, 0.3) is 11.5 Å². The van der Waals surface area contributed by atoms with Crippen molar-refractivity contribution in [2.24, 2.45) is 7.05 Å². The summed E-state index contributed by atoms with van der Waals surface area (Å²) in [6, 6.07) is 14.3. The third kappa shape index (κ3) is 5.75. The lowest BCUT2D eigenvalue weighted by Crippen LogP contribution is -2.29. The van der Waals surface area contributed by atoms with Crippen LogP contribution >= 0.6 is 23.4 Å². The third-order valence-electron chi connectivity index (χ3n) is 5.04. The molecule has 1 N–H and O–H groups in total. The molecule has 34 heavy (non-hydrogen) atoms. The SMILES string of the molecule is COc1ccc(CC(=O)N[C@H](C)c2nnc(SCc3nnc(-c4ccc(Cl)cc4)o3)n2C)cc1. The van der Waals surface area contributed by atoms with Crippen molar-refractivity contribution in [2.75, 3.05) is 7.11 Å². The van der Waals surface area contributed by atoms with Gasteiger partial charge in [0.25, 0.3) is 0 Å². The van der Waals surface area contributed by atoms with Crippen molar-refractivity contribution in [1.29, 1.82) is 0 Å². The van der Waals surface area contributed by atoms with Crippen molar-refractivity contribution >= 4 is 29.3 Å². The molecular formula is C23H23ClN6O3S. The summed E-state index contributed by atoms with van der Waals surface area (Å²) < 4.78 is 12.7. The topological polar surface area (TPSA) is 108 Å². The van der Waals surface area contributed by atoms with Crippen LogP contribution < -0.4 is 10.1 Å². The molecular weight excluding hydrogens is 476 g/mol. The standard InChI is InChI=1S/C23H23ClN6O3S/c1-14(25-19(31)12-15-4-10-18(32-3)11-5-15)21-27-29-23(30(21)2)34-13-20-26-28-22(33-20)16-6-8-17(24)9-7-16/h4-11,14H,12-13H2,1-3H3,(H,25,31)/t14-/m1/s1. The lowest BCUT2D eigenvalue weighted by Gasteiger charge is -2.13. The number of halogens is 1. The van der Waals surface area contributed by atoms with Crippen LogP contribution in [0.1, 0.15) is 30.2 Å². The Labute approximate surface area is 205 Å². The minimum atomic E-state index is -0.308. The van der Waals surface area contributed by atoms with Gasteiger partial charge >= 0.3 is 0 Å². The van der Waals surface area contributed by atoms with Gasteiger partial charge in [0.2, 0.25) is 17.7 Å². The molecule has 9 nitrogen and oxygen atoms in total. The first kappa shape index (κ1) is 23.8. The van der Waals surface area contributed by atoms with Crippen molar-refractivity contribution in [2.45, 2.75) is 30.3 Å². The molecule has 0 bridgehead atoms. The molecule has 0 fully saturated rings. The summed E-state index contributed by atoms with van der Waals surface area (Å²) in [4.78, 5) is 12.5. The molecule has 4 rings (SSSR count). The molecule has 0 saturated heterocycles. The number of rotatable bonds is 9. The minimum Gasteiger partial charge on any atom is -0.497 e. The zero-order valence-corrected chi connectivity index (χ0v) is 20.4. The highest BCUT2D eigenvalue weighted by atomic mass is 35.5. The number of aromatic nitrogens is 5. The number of ether oxygens (including phenoxy) is 1. The van der Waals surface area contributed by atoms with Crippen molar-refractivity contribution in [1.82, 2.24) is 30.3 Å². The van der Waals surface area contributed by atoms with Gasteiger partial charge in [0.1, 0.15) is 5.75 Å². The van der Waals surface area contributed by atoms with Gasteiger partial charge in [-0.15, -0.1) is 20.4 Å². The van der Waals surface area contributed by atoms with Crippen molar-refractivity contribution < 1.29 is 13.9 Å². The number of nitrogens with zero attached hydrogens (tertiary/aromatic N) is 5. The first-order valence-electron chi connectivity index (χ1n) is 10.5. The molecule has 11 heteroatoms. The van der Waals surface area contributed by atoms with E-state index in [0.29, 0.717) is 33.5 Å². The fourth-order valence-electron chi connectivity index (χ4n) is 3.26. The van der Waals surface area contributed by atoms with Gasteiger partial charge in [0.15, 0.2) is 11.0 Å². The lowest BCUT2D eigenvalue weighted by atomic mass is 10.1. The van der Waals surface area contributed by atoms with Gasteiger partial charge in [-0.05, 0) is 48.9 Å². The predicted octanol–water partition coefficient (Wildman–Crippen LogP) is 4.24. The third-order valence-corrected chi connectivity index (χ3v) is 6.30. The van der Waals surface area contributed by atoms with E-state index >= 15 is 0 Å². The number of amides is 1. The summed E-state index contributed by atoms with van der Waals surface area (Å²) in [6.07, 6.45) is 0.265. The second-order valence-corrected chi connectivity index (χ2v) is 8.89. The monoisotopic (exact) mass is 498 g/mol. The van der Waals surface area contributed by atoms with E-state index in [0.717, 1.165) is 16.9 Å². The van der Waals surface area contributed by atoms with Gasteiger partial charge in [-0.2, -0.15) is 0 Å². The summed E-state index contributed by atoms with van der Waals surface area (Å²) in [5.74, 6) is 2.64. The van der Waals surface area contributed by atoms with Gasteiger partial charge in [0.05, 0.1) is 25.3 Å². The summed E-state index contributed by atoms with van der Waals surface area (Å²) in [6.45, 7) is 1.88. The summed E-state index contributed by atoms with van der Waals surface area (Å²) in [5.41, 5.74) is 1.70. The van der Waals surface area contributed by atoms with Gasteiger partial charge in [-0.3, -0.25) is 4.79 Å². The number of carbonyl (C=O) groups is 1. The zero-order valence-electron chi connectivity index (χ0n) is 18.9. The molecule has 2 aromatic heterocycles. The molecule has 0 saturated carbocycles. The average molecular weight is 499 g/mol. The molecule has 2 aromatic carbocycles. The Bertz CT molecular complexity index is 1260. The minimum absolute atomic E-state index is 0.101. The average Bonchev–Trinajstić information content (AvgIpc) is 3.45. The van der Waals surface area contributed by atoms with Gasteiger partial charge < -0.3 is 19.0 Å². The highest BCUT2D eigenvalue weighted by molar-refractivity contribution is 7.98. The second-order valence-electron chi connectivity index (χ2n) is 7.51. The van der Waals surface area contributed by atoms with E-state index in [9.17, 15) is 4.79 Å².